The van der Waals surface area contributed by atoms with Gasteiger partial charge in [-0.15, -0.1) is 11.3 Å². The lowest BCUT2D eigenvalue weighted by atomic mass is 10.2. The van der Waals surface area contributed by atoms with Crippen LogP contribution in [-0.4, -0.2) is 35.2 Å². The number of thioether (sulfide) groups is 1. The van der Waals surface area contributed by atoms with Crippen molar-refractivity contribution in [1.29, 1.82) is 0 Å². The van der Waals surface area contributed by atoms with Crippen molar-refractivity contribution in [2.45, 2.75) is 24.6 Å². The minimum absolute atomic E-state index is 0.144. The van der Waals surface area contributed by atoms with Gasteiger partial charge in [0.15, 0.2) is 5.16 Å². The summed E-state index contributed by atoms with van der Waals surface area (Å²) in [6, 6.07) is 19.4. The second-order valence-corrected chi connectivity index (χ2v) is 9.61. The summed E-state index contributed by atoms with van der Waals surface area (Å²) in [5.41, 5.74) is 1.83. The molecule has 6 nitrogen and oxygen atoms in total. The Morgan fingerprint density at radius 1 is 1.09 bits per heavy atom. The van der Waals surface area contributed by atoms with Crippen LogP contribution in [0.5, 0.6) is 5.75 Å². The molecular formula is C25H24N4O2S2. The molecule has 4 aromatic rings. The Balaban J connectivity index is 1.30. The molecule has 2 aromatic carbocycles. The molecule has 168 valence electrons. The molecule has 0 spiro atoms. The number of anilines is 2. The van der Waals surface area contributed by atoms with Crippen LogP contribution in [0.1, 0.15) is 28.1 Å². The average Bonchev–Trinajstić information content (AvgIpc) is 3.54. The molecule has 1 aliphatic rings. The number of benzene rings is 2. The lowest BCUT2D eigenvalue weighted by Crippen LogP contribution is -2.19. The summed E-state index contributed by atoms with van der Waals surface area (Å²) in [5.74, 6) is 1.56. The number of amides is 1. The molecule has 33 heavy (non-hydrogen) atoms. The summed E-state index contributed by atoms with van der Waals surface area (Å²) in [6.45, 7) is 2.50. The van der Waals surface area contributed by atoms with Gasteiger partial charge in [-0.3, -0.25) is 4.79 Å². The van der Waals surface area contributed by atoms with Gasteiger partial charge in [0.2, 0.25) is 0 Å². The molecule has 3 heterocycles. The summed E-state index contributed by atoms with van der Waals surface area (Å²) in [6.07, 6.45) is 4.31. The Morgan fingerprint density at radius 2 is 1.85 bits per heavy atom. The lowest BCUT2D eigenvalue weighted by Gasteiger charge is -2.17. The molecule has 8 heteroatoms. The Bertz CT molecular complexity index is 1250. The van der Waals surface area contributed by atoms with Crippen molar-refractivity contribution in [3.63, 3.8) is 0 Å². The molecule has 1 aliphatic heterocycles. The van der Waals surface area contributed by atoms with Crippen molar-refractivity contribution < 1.29 is 9.53 Å². The van der Waals surface area contributed by atoms with Crippen LogP contribution in [0.4, 0.5) is 11.5 Å². The van der Waals surface area contributed by atoms with Gasteiger partial charge in [-0.1, -0.05) is 42.1 Å². The van der Waals surface area contributed by atoms with Gasteiger partial charge in [-0.2, -0.15) is 0 Å². The van der Waals surface area contributed by atoms with Crippen molar-refractivity contribution >= 4 is 50.7 Å². The van der Waals surface area contributed by atoms with Crippen LogP contribution in [0, 0.1) is 0 Å². The Kier molecular flexibility index (Phi) is 6.46. The number of aromatic nitrogens is 2. The third kappa shape index (κ3) is 4.96. The fourth-order valence-corrected chi connectivity index (χ4v) is 5.17. The predicted octanol–water partition coefficient (Wildman–Crippen LogP) is 5.84. The van der Waals surface area contributed by atoms with E-state index < -0.39 is 0 Å². The van der Waals surface area contributed by atoms with Crippen LogP contribution in [-0.2, 0) is 6.61 Å². The van der Waals surface area contributed by atoms with E-state index in [1.165, 1.54) is 35.9 Å². The quantitative estimate of drug-likeness (QED) is 0.267. The highest BCUT2D eigenvalue weighted by atomic mass is 32.2. The largest absolute Gasteiger partial charge is 0.489 e. The molecule has 0 radical (unpaired) electrons. The first-order chi connectivity index (χ1) is 16.2. The third-order valence-corrected chi connectivity index (χ3v) is 7.10. The van der Waals surface area contributed by atoms with Crippen LogP contribution in [0.3, 0.4) is 0 Å². The lowest BCUT2D eigenvalue weighted by molar-refractivity contribution is 0.103. The zero-order valence-corrected chi connectivity index (χ0v) is 19.9. The van der Waals surface area contributed by atoms with Gasteiger partial charge in [0.25, 0.3) is 5.91 Å². The van der Waals surface area contributed by atoms with E-state index in [0.29, 0.717) is 11.5 Å². The molecule has 1 saturated heterocycles. The third-order valence-electron chi connectivity index (χ3n) is 5.52. The summed E-state index contributed by atoms with van der Waals surface area (Å²) >= 11 is 2.93. The van der Waals surface area contributed by atoms with Gasteiger partial charge in [0, 0.05) is 18.8 Å². The first-order valence-electron chi connectivity index (χ1n) is 10.9. The molecule has 0 atom stereocenters. The number of hydrogen-bond acceptors (Lipinski definition) is 7. The number of hydrogen-bond donors (Lipinski definition) is 1. The van der Waals surface area contributed by atoms with Crippen molar-refractivity contribution in [2.75, 3.05) is 29.6 Å². The van der Waals surface area contributed by atoms with Gasteiger partial charge in [-0.25, -0.2) is 9.97 Å². The van der Waals surface area contributed by atoms with E-state index in [1.54, 1.807) is 0 Å². The van der Waals surface area contributed by atoms with Crippen LogP contribution in [0.15, 0.2) is 65.8 Å². The SMILES string of the molecule is CSc1nc(N2CCCC2)c2cc(C(=O)Nc3ccc(OCc4ccccc4)cc3)sc2n1. The second-order valence-electron chi connectivity index (χ2n) is 7.81. The van der Waals surface area contributed by atoms with E-state index in [-0.39, 0.29) is 5.91 Å². The van der Waals surface area contributed by atoms with Gasteiger partial charge in [-0.05, 0) is 55.0 Å². The van der Waals surface area contributed by atoms with E-state index in [4.69, 9.17) is 9.72 Å². The van der Waals surface area contributed by atoms with E-state index in [1.807, 2.05) is 66.9 Å². The maximum atomic E-state index is 13.0. The Hall–Kier alpha value is -3.10. The number of rotatable bonds is 7. The molecule has 0 unspecified atom stereocenters. The van der Waals surface area contributed by atoms with Gasteiger partial charge >= 0.3 is 0 Å². The van der Waals surface area contributed by atoms with Crippen molar-refractivity contribution in [3.05, 3.63) is 71.1 Å². The van der Waals surface area contributed by atoms with Crippen LogP contribution < -0.4 is 15.0 Å². The summed E-state index contributed by atoms with van der Waals surface area (Å²) < 4.78 is 5.83. The maximum absolute atomic E-state index is 13.0. The highest BCUT2D eigenvalue weighted by Crippen LogP contribution is 2.34. The summed E-state index contributed by atoms with van der Waals surface area (Å²) in [5, 5.41) is 4.68. The normalized spacial score (nSPS) is 13.4. The van der Waals surface area contributed by atoms with Gasteiger partial charge in [0.05, 0.1) is 10.3 Å². The Morgan fingerprint density at radius 3 is 2.58 bits per heavy atom. The summed E-state index contributed by atoms with van der Waals surface area (Å²) in [7, 11) is 0. The standard InChI is InChI=1S/C25H24N4O2S2/c1-32-25-27-22(29-13-5-6-14-29)20-15-21(33-24(20)28-25)23(30)26-18-9-11-19(12-10-18)31-16-17-7-3-2-4-8-17/h2-4,7-12,15H,5-6,13-14,16H2,1H3,(H,26,30). The summed E-state index contributed by atoms with van der Waals surface area (Å²) in [4.78, 5) is 26.1. The molecule has 5 rings (SSSR count). The zero-order valence-electron chi connectivity index (χ0n) is 18.3. The first-order valence-corrected chi connectivity index (χ1v) is 12.9. The predicted molar refractivity (Wildman–Crippen MR) is 136 cm³/mol. The molecular weight excluding hydrogens is 452 g/mol. The molecule has 1 amide bonds. The highest BCUT2D eigenvalue weighted by molar-refractivity contribution is 7.98. The molecule has 0 saturated carbocycles. The number of nitrogens with zero attached hydrogens (tertiary/aromatic N) is 3. The molecule has 0 aliphatic carbocycles. The minimum atomic E-state index is -0.144. The monoisotopic (exact) mass is 476 g/mol. The number of fused-ring (bicyclic) bond motifs is 1. The topological polar surface area (TPSA) is 67.4 Å². The van der Waals surface area contributed by atoms with E-state index in [2.05, 4.69) is 15.2 Å². The van der Waals surface area contributed by atoms with E-state index >= 15 is 0 Å². The number of thiophene rings is 1. The number of nitrogens with one attached hydrogen (secondary N) is 1. The van der Waals surface area contributed by atoms with Crippen LogP contribution >= 0.6 is 23.1 Å². The van der Waals surface area contributed by atoms with Crippen molar-refractivity contribution in [1.82, 2.24) is 9.97 Å². The zero-order chi connectivity index (χ0) is 22.6. The van der Waals surface area contributed by atoms with E-state index in [0.717, 1.165) is 51.3 Å². The first kappa shape index (κ1) is 21.7. The maximum Gasteiger partial charge on any atom is 0.265 e. The average molecular weight is 477 g/mol. The fraction of sp³-hybridized carbons (Fsp3) is 0.240. The molecule has 1 N–H and O–H groups in total. The molecule has 1 fully saturated rings. The number of carbonyl (C=O) groups is 1. The van der Waals surface area contributed by atoms with Crippen molar-refractivity contribution in [2.24, 2.45) is 0 Å². The number of carbonyl (C=O) groups excluding carboxylic acids is 1. The van der Waals surface area contributed by atoms with E-state index in [9.17, 15) is 4.79 Å². The van der Waals surface area contributed by atoms with Gasteiger partial charge in [0.1, 0.15) is 23.0 Å². The molecule has 2 aromatic heterocycles. The van der Waals surface area contributed by atoms with Gasteiger partial charge < -0.3 is 15.0 Å². The van der Waals surface area contributed by atoms with Crippen LogP contribution in [0.2, 0.25) is 0 Å². The van der Waals surface area contributed by atoms with Crippen LogP contribution in [0.25, 0.3) is 10.2 Å². The molecule has 0 bridgehead atoms. The minimum Gasteiger partial charge on any atom is -0.489 e. The Labute approximate surface area is 201 Å². The highest BCUT2D eigenvalue weighted by Gasteiger charge is 2.21. The number of ether oxygens (including phenoxy) is 1. The smallest absolute Gasteiger partial charge is 0.265 e. The van der Waals surface area contributed by atoms with Crippen molar-refractivity contribution in [3.8, 4) is 5.75 Å². The second kappa shape index (κ2) is 9.80. The fourth-order valence-electron chi connectivity index (χ4n) is 3.83.